The Hall–Kier alpha value is -3.39. The summed E-state index contributed by atoms with van der Waals surface area (Å²) in [6, 6.07) is 6.21. The number of aromatic nitrogens is 3. The van der Waals surface area contributed by atoms with Gasteiger partial charge in [0.15, 0.2) is 17.4 Å². The Morgan fingerprint density at radius 1 is 1.16 bits per heavy atom. The summed E-state index contributed by atoms with van der Waals surface area (Å²) in [5.41, 5.74) is 18.7. The zero-order valence-corrected chi connectivity index (χ0v) is 18.5. The van der Waals surface area contributed by atoms with Gasteiger partial charge in [0.25, 0.3) is 5.88 Å². The van der Waals surface area contributed by atoms with Crippen LogP contribution >= 0.6 is 0 Å². The Morgan fingerprint density at radius 2 is 2.00 bits per heavy atom. The summed E-state index contributed by atoms with van der Waals surface area (Å²) in [5.74, 6) is 1.48. The van der Waals surface area contributed by atoms with Crippen LogP contribution in [-0.2, 0) is 19.6 Å². The third-order valence-corrected chi connectivity index (χ3v) is 6.00. The van der Waals surface area contributed by atoms with Gasteiger partial charge in [0.1, 0.15) is 6.61 Å². The van der Waals surface area contributed by atoms with Crippen LogP contribution in [0.3, 0.4) is 0 Å². The summed E-state index contributed by atoms with van der Waals surface area (Å²) in [6.07, 6.45) is 6.68. The molecule has 0 amide bonds. The fraction of sp³-hybridized carbons (Fsp3) is 0.375. The average Bonchev–Trinajstić information content (AvgIpc) is 3.59. The van der Waals surface area contributed by atoms with Crippen LogP contribution in [0.5, 0.6) is 11.6 Å². The minimum atomic E-state index is 0.208. The number of fused-ring (bicyclic) bond motifs is 1. The molecule has 8 heteroatoms. The van der Waals surface area contributed by atoms with Crippen LogP contribution in [0, 0.1) is 6.92 Å². The number of pyridine rings is 1. The maximum atomic E-state index is 6.08. The van der Waals surface area contributed by atoms with Crippen LogP contribution in [0.15, 0.2) is 30.6 Å². The smallest absolute Gasteiger partial charge is 0.258 e. The van der Waals surface area contributed by atoms with Crippen molar-refractivity contribution in [2.75, 3.05) is 25.1 Å². The number of ether oxygens (including phenoxy) is 2. The largest absolute Gasteiger partial charge is 0.486 e. The molecule has 3 heterocycles. The van der Waals surface area contributed by atoms with Gasteiger partial charge in [-0.15, -0.1) is 0 Å². The lowest BCUT2D eigenvalue weighted by Gasteiger charge is -2.27. The highest BCUT2D eigenvalue weighted by molar-refractivity contribution is 5.64. The molecule has 32 heavy (non-hydrogen) atoms. The quantitative estimate of drug-likeness (QED) is 0.611. The first-order valence-electron chi connectivity index (χ1n) is 10.9. The molecule has 1 fully saturated rings. The van der Waals surface area contributed by atoms with E-state index in [1.54, 1.807) is 12.4 Å². The highest BCUT2D eigenvalue weighted by Crippen LogP contribution is 2.34. The predicted octanol–water partition coefficient (Wildman–Crippen LogP) is 3.12. The second kappa shape index (κ2) is 8.27. The number of nitrogens with zero attached hydrogens (tertiary/aromatic N) is 4. The molecule has 0 bridgehead atoms. The van der Waals surface area contributed by atoms with E-state index in [0.29, 0.717) is 17.4 Å². The lowest BCUT2D eigenvalue weighted by Crippen LogP contribution is -2.27. The van der Waals surface area contributed by atoms with Crippen molar-refractivity contribution in [3.63, 3.8) is 0 Å². The zero-order valence-electron chi connectivity index (χ0n) is 18.5. The normalized spacial score (nSPS) is 15.9. The van der Waals surface area contributed by atoms with Gasteiger partial charge in [-0.05, 0) is 68.1 Å². The zero-order chi connectivity index (χ0) is 22.2. The summed E-state index contributed by atoms with van der Waals surface area (Å²) in [5, 5.41) is 0. The molecule has 2 aliphatic rings. The van der Waals surface area contributed by atoms with Gasteiger partial charge in [-0.25, -0.2) is 15.0 Å². The Balaban J connectivity index is 1.40. The average molecular weight is 433 g/mol. The first-order chi connectivity index (χ1) is 15.5. The highest BCUT2D eigenvalue weighted by Gasteiger charge is 2.26. The predicted molar refractivity (Wildman–Crippen MR) is 123 cm³/mol. The maximum Gasteiger partial charge on any atom is 0.258 e. The molecule has 166 valence electrons. The van der Waals surface area contributed by atoms with Crippen molar-refractivity contribution < 1.29 is 9.47 Å². The molecule has 0 saturated heterocycles. The van der Waals surface area contributed by atoms with E-state index >= 15 is 0 Å². The minimum Gasteiger partial charge on any atom is -0.486 e. The number of nitrogens with two attached hydrogens (primary N) is 2. The first kappa shape index (κ1) is 20.5. The van der Waals surface area contributed by atoms with Gasteiger partial charge in [0, 0.05) is 30.4 Å². The number of hydrogen-bond donors (Lipinski definition) is 2. The molecule has 2 aromatic heterocycles. The number of anilines is 2. The van der Waals surface area contributed by atoms with Gasteiger partial charge in [0.2, 0.25) is 0 Å². The molecule has 5 rings (SSSR count). The molecule has 0 atom stereocenters. The molecular weight excluding hydrogens is 404 g/mol. The molecule has 3 aromatic rings. The second-order valence-corrected chi connectivity index (χ2v) is 8.65. The fourth-order valence-corrected chi connectivity index (χ4v) is 4.09. The molecular formula is C24H28N6O2. The molecule has 8 nitrogen and oxygen atoms in total. The topological polar surface area (TPSA) is 112 Å². The van der Waals surface area contributed by atoms with Crippen LogP contribution in [0.4, 0.5) is 11.6 Å². The van der Waals surface area contributed by atoms with Gasteiger partial charge >= 0.3 is 0 Å². The van der Waals surface area contributed by atoms with E-state index < -0.39 is 0 Å². The molecule has 1 aliphatic carbocycles. The van der Waals surface area contributed by atoms with E-state index in [1.807, 2.05) is 6.07 Å². The standard InChI is InChI=1S/C24H28N6O2/c1-14-9-16(10-17-12-30(2)8-6-19(14)17)20-11-28-23(26)24(29-20)31-13-15-5-7-27-22(25)21(15)32-18-3-4-18/h5,7,9-11,18H,3-4,6,8,12-13H2,1-2H3,(H2,25,27)(H2,26,28). The Morgan fingerprint density at radius 3 is 2.81 bits per heavy atom. The molecule has 0 spiro atoms. The van der Waals surface area contributed by atoms with Crippen molar-refractivity contribution in [3.05, 3.63) is 52.8 Å². The summed E-state index contributed by atoms with van der Waals surface area (Å²) in [7, 11) is 2.15. The Labute approximate surface area is 187 Å². The van der Waals surface area contributed by atoms with E-state index in [-0.39, 0.29) is 18.5 Å². The van der Waals surface area contributed by atoms with Crippen molar-refractivity contribution in [3.8, 4) is 22.9 Å². The molecule has 0 unspecified atom stereocenters. The Bertz CT molecular complexity index is 1160. The fourth-order valence-electron chi connectivity index (χ4n) is 4.09. The summed E-state index contributed by atoms with van der Waals surface area (Å²) >= 11 is 0. The summed E-state index contributed by atoms with van der Waals surface area (Å²) < 4.78 is 11.9. The van der Waals surface area contributed by atoms with Gasteiger partial charge in [0.05, 0.1) is 18.0 Å². The monoisotopic (exact) mass is 432 g/mol. The van der Waals surface area contributed by atoms with Crippen molar-refractivity contribution >= 4 is 11.6 Å². The van der Waals surface area contributed by atoms with E-state index in [0.717, 1.165) is 49.2 Å². The molecule has 1 aromatic carbocycles. The molecule has 0 radical (unpaired) electrons. The van der Waals surface area contributed by atoms with E-state index in [4.69, 9.17) is 20.9 Å². The minimum absolute atomic E-state index is 0.208. The van der Waals surface area contributed by atoms with Gasteiger partial charge in [-0.2, -0.15) is 0 Å². The van der Waals surface area contributed by atoms with Crippen LogP contribution in [0.25, 0.3) is 11.3 Å². The first-order valence-corrected chi connectivity index (χ1v) is 10.9. The van der Waals surface area contributed by atoms with Crippen LogP contribution < -0.4 is 20.9 Å². The van der Waals surface area contributed by atoms with Crippen molar-refractivity contribution in [1.29, 1.82) is 0 Å². The summed E-state index contributed by atoms with van der Waals surface area (Å²) in [4.78, 5) is 15.5. The Kier molecular flexibility index (Phi) is 5.30. The molecule has 1 saturated carbocycles. The number of rotatable bonds is 6. The number of hydrogen-bond acceptors (Lipinski definition) is 8. The molecule has 1 aliphatic heterocycles. The lowest BCUT2D eigenvalue weighted by atomic mass is 9.92. The van der Waals surface area contributed by atoms with Crippen LogP contribution in [-0.4, -0.2) is 39.5 Å². The van der Waals surface area contributed by atoms with E-state index in [1.165, 1.54) is 16.7 Å². The lowest BCUT2D eigenvalue weighted by molar-refractivity contribution is 0.267. The van der Waals surface area contributed by atoms with E-state index in [9.17, 15) is 0 Å². The van der Waals surface area contributed by atoms with Gasteiger partial charge < -0.3 is 25.8 Å². The van der Waals surface area contributed by atoms with Crippen molar-refractivity contribution in [2.24, 2.45) is 0 Å². The van der Waals surface area contributed by atoms with Gasteiger partial charge in [-0.1, -0.05) is 0 Å². The number of nitrogen functional groups attached to an aromatic ring is 2. The molecule has 4 N–H and O–H groups in total. The SMILES string of the molecule is Cc1cc(-c2cnc(N)c(OCc3ccnc(N)c3OC3CC3)n2)cc2c1CCN(C)C2. The third-order valence-electron chi connectivity index (χ3n) is 6.00. The third kappa shape index (κ3) is 4.18. The highest BCUT2D eigenvalue weighted by atomic mass is 16.5. The van der Waals surface area contributed by atoms with Crippen LogP contribution in [0.2, 0.25) is 0 Å². The van der Waals surface area contributed by atoms with Crippen LogP contribution in [0.1, 0.15) is 35.1 Å². The van der Waals surface area contributed by atoms with Crippen molar-refractivity contribution in [2.45, 2.75) is 45.4 Å². The van der Waals surface area contributed by atoms with Gasteiger partial charge in [-0.3, -0.25) is 0 Å². The second-order valence-electron chi connectivity index (χ2n) is 8.65. The number of benzene rings is 1. The number of aryl methyl sites for hydroxylation is 1. The maximum absolute atomic E-state index is 6.08. The van der Waals surface area contributed by atoms with Crippen molar-refractivity contribution in [1.82, 2.24) is 19.9 Å². The number of likely N-dealkylation sites (N-methyl/N-ethyl adjacent to an activating group) is 1. The summed E-state index contributed by atoms with van der Waals surface area (Å²) in [6.45, 7) is 4.39. The van der Waals surface area contributed by atoms with E-state index in [2.05, 4.69) is 46.0 Å².